The van der Waals surface area contributed by atoms with Crippen LogP contribution >= 0.6 is 11.3 Å². The fourth-order valence-electron chi connectivity index (χ4n) is 1.92. The molecule has 0 spiro atoms. The average Bonchev–Trinajstić information content (AvgIpc) is 2.95. The summed E-state index contributed by atoms with van der Waals surface area (Å²) in [6.45, 7) is 7.80. The third-order valence-electron chi connectivity index (χ3n) is 3.27. The van der Waals surface area contributed by atoms with Crippen LogP contribution < -0.4 is 11.1 Å². The van der Waals surface area contributed by atoms with Crippen molar-refractivity contribution >= 4 is 17.3 Å². The topological polar surface area (TPSA) is 63.3 Å². The van der Waals surface area contributed by atoms with E-state index in [1.807, 2.05) is 18.2 Å². The quantitative estimate of drug-likeness (QED) is 0.658. The van der Waals surface area contributed by atoms with E-state index in [2.05, 4.69) is 53.6 Å². The Morgan fingerprint density at radius 2 is 2.00 bits per heavy atom. The molecule has 0 amide bonds. The van der Waals surface area contributed by atoms with Gasteiger partial charge in [0.05, 0.1) is 12.2 Å². The van der Waals surface area contributed by atoms with Crippen molar-refractivity contribution in [3.05, 3.63) is 52.0 Å². The largest absolute Gasteiger partial charge is 0.370 e. The summed E-state index contributed by atoms with van der Waals surface area (Å²) in [4.78, 5) is 8.96. The van der Waals surface area contributed by atoms with Crippen molar-refractivity contribution in [3.8, 4) is 0 Å². The van der Waals surface area contributed by atoms with Gasteiger partial charge >= 0.3 is 0 Å². The molecule has 0 saturated heterocycles. The highest BCUT2D eigenvalue weighted by atomic mass is 32.1. The van der Waals surface area contributed by atoms with Crippen LogP contribution in [0.25, 0.3) is 0 Å². The number of rotatable bonds is 5. The molecule has 118 valence electrons. The Morgan fingerprint density at radius 3 is 2.64 bits per heavy atom. The minimum atomic E-state index is 0.0813. The number of nitrogens with one attached hydrogen (secondary N) is 1. The van der Waals surface area contributed by atoms with Crippen molar-refractivity contribution in [2.75, 3.05) is 6.54 Å². The summed E-state index contributed by atoms with van der Waals surface area (Å²) in [7, 11) is 0. The molecule has 0 fully saturated rings. The van der Waals surface area contributed by atoms with E-state index in [1.54, 1.807) is 11.3 Å². The van der Waals surface area contributed by atoms with Crippen molar-refractivity contribution in [2.24, 2.45) is 10.7 Å². The Morgan fingerprint density at radius 1 is 1.27 bits per heavy atom. The van der Waals surface area contributed by atoms with Gasteiger partial charge in [0.25, 0.3) is 0 Å². The molecule has 3 N–H and O–H groups in total. The Kier molecular flexibility index (Phi) is 5.55. The SMILES string of the molecule is CC(C)(C)c1csc(CN=C(N)NCCc2ccccc2)n1. The highest BCUT2D eigenvalue weighted by Crippen LogP contribution is 2.24. The lowest BCUT2D eigenvalue weighted by atomic mass is 9.93. The molecule has 0 aliphatic heterocycles. The first-order valence-corrected chi connectivity index (χ1v) is 8.36. The Labute approximate surface area is 136 Å². The van der Waals surface area contributed by atoms with Gasteiger partial charge in [0.1, 0.15) is 5.01 Å². The molecule has 1 aromatic carbocycles. The van der Waals surface area contributed by atoms with E-state index in [0.29, 0.717) is 12.5 Å². The van der Waals surface area contributed by atoms with Crippen LogP contribution in [0.2, 0.25) is 0 Å². The molecule has 2 rings (SSSR count). The second-order valence-electron chi connectivity index (χ2n) is 6.24. The molecule has 22 heavy (non-hydrogen) atoms. The third kappa shape index (κ3) is 5.15. The zero-order chi connectivity index (χ0) is 16.0. The van der Waals surface area contributed by atoms with Gasteiger partial charge in [0, 0.05) is 17.3 Å². The van der Waals surface area contributed by atoms with Gasteiger partial charge in [0.2, 0.25) is 0 Å². The van der Waals surface area contributed by atoms with Gasteiger partial charge in [-0.3, -0.25) is 0 Å². The van der Waals surface area contributed by atoms with E-state index in [0.717, 1.165) is 23.7 Å². The molecule has 2 aromatic rings. The van der Waals surface area contributed by atoms with E-state index < -0.39 is 0 Å². The summed E-state index contributed by atoms with van der Waals surface area (Å²) in [5, 5.41) is 6.24. The number of hydrogen-bond donors (Lipinski definition) is 2. The van der Waals surface area contributed by atoms with Crippen molar-refractivity contribution in [2.45, 2.75) is 39.2 Å². The van der Waals surface area contributed by atoms with Crippen LogP contribution in [0.4, 0.5) is 0 Å². The number of benzene rings is 1. The molecule has 0 aliphatic carbocycles. The summed E-state index contributed by atoms with van der Waals surface area (Å²) in [5.74, 6) is 0.475. The molecule has 0 atom stereocenters. The average molecular weight is 316 g/mol. The van der Waals surface area contributed by atoms with Gasteiger partial charge < -0.3 is 11.1 Å². The second-order valence-corrected chi connectivity index (χ2v) is 7.18. The van der Waals surface area contributed by atoms with Crippen molar-refractivity contribution in [1.82, 2.24) is 10.3 Å². The van der Waals surface area contributed by atoms with Crippen molar-refractivity contribution < 1.29 is 0 Å². The van der Waals surface area contributed by atoms with Crippen LogP contribution in [0.1, 0.15) is 37.0 Å². The summed E-state index contributed by atoms with van der Waals surface area (Å²) in [6, 6.07) is 10.3. The van der Waals surface area contributed by atoms with E-state index in [9.17, 15) is 0 Å². The molecular formula is C17H24N4S. The maximum atomic E-state index is 5.89. The molecule has 1 heterocycles. The summed E-state index contributed by atoms with van der Waals surface area (Å²) < 4.78 is 0. The molecule has 0 radical (unpaired) electrons. The lowest BCUT2D eigenvalue weighted by Gasteiger charge is -2.14. The van der Waals surface area contributed by atoms with Gasteiger partial charge in [-0.05, 0) is 12.0 Å². The fraction of sp³-hybridized carbons (Fsp3) is 0.412. The molecule has 0 aliphatic rings. The zero-order valence-corrected chi connectivity index (χ0v) is 14.3. The molecule has 4 nitrogen and oxygen atoms in total. The monoisotopic (exact) mass is 316 g/mol. The normalized spacial score (nSPS) is 12.4. The number of hydrogen-bond acceptors (Lipinski definition) is 3. The standard InChI is InChI=1S/C17H24N4S/c1-17(2,3)14-12-22-15(21-14)11-20-16(18)19-10-9-13-7-5-4-6-8-13/h4-8,12H,9-11H2,1-3H3,(H3,18,19,20). The Hall–Kier alpha value is -1.88. The summed E-state index contributed by atoms with van der Waals surface area (Å²) in [5.41, 5.74) is 8.37. The smallest absolute Gasteiger partial charge is 0.189 e. The van der Waals surface area contributed by atoms with Crippen LogP contribution in [-0.2, 0) is 18.4 Å². The van der Waals surface area contributed by atoms with Crippen LogP contribution in [0.5, 0.6) is 0 Å². The van der Waals surface area contributed by atoms with Gasteiger partial charge in [-0.2, -0.15) is 0 Å². The number of aliphatic imine (C=N–C) groups is 1. The maximum absolute atomic E-state index is 5.89. The number of nitrogens with zero attached hydrogens (tertiary/aromatic N) is 2. The van der Waals surface area contributed by atoms with Gasteiger partial charge in [-0.25, -0.2) is 9.98 Å². The fourth-order valence-corrected chi connectivity index (χ4v) is 2.86. The molecule has 1 aromatic heterocycles. The second kappa shape index (κ2) is 7.40. The van der Waals surface area contributed by atoms with E-state index >= 15 is 0 Å². The third-order valence-corrected chi connectivity index (χ3v) is 4.10. The Bertz CT molecular complexity index is 611. The molecule has 5 heteroatoms. The highest BCUT2D eigenvalue weighted by Gasteiger charge is 2.17. The first-order chi connectivity index (χ1) is 10.4. The highest BCUT2D eigenvalue weighted by molar-refractivity contribution is 7.09. The molecule has 0 saturated carbocycles. The van der Waals surface area contributed by atoms with Crippen LogP contribution in [0.15, 0.2) is 40.7 Å². The van der Waals surface area contributed by atoms with Crippen LogP contribution in [0.3, 0.4) is 0 Å². The summed E-state index contributed by atoms with van der Waals surface area (Å²) >= 11 is 1.64. The number of aromatic nitrogens is 1. The van der Waals surface area contributed by atoms with Gasteiger partial charge in [-0.1, -0.05) is 51.1 Å². The van der Waals surface area contributed by atoms with E-state index in [4.69, 9.17) is 5.73 Å². The van der Waals surface area contributed by atoms with Crippen LogP contribution in [0, 0.1) is 0 Å². The van der Waals surface area contributed by atoms with E-state index in [1.165, 1.54) is 5.56 Å². The lowest BCUT2D eigenvalue weighted by Crippen LogP contribution is -2.33. The maximum Gasteiger partial charge on any atom is 0.189 e. The number of thiazole rings is 1. The van der Waals surface area contributed by atoms with Gasteiger partial charge in [-0.15, -0.1) is 11.3 Å². The molecule has 0 bridgehead atoms. The first-order valence-electron chi connectivity index (χ1n) is 7.48. The van der Waals surface area contributed by atoms with E-state index in [-0.39, 0.29) is 5.41 Å². The minimum absolute atomic E-state index is 0.0813. The zero-order valence-electron chi connectivity index (χ0n) is 13.5. The molecule has 0 unspecified atom stereocenters. The summed E-state index contributed by atoms with van der Waals surface area (Å²) in [6.07, 6.45) is 0.933. The Balaban J connectivity index is 1.79. The number of guanidine groups is 1. The van der Waals surface area contributed by atoms with Crippen molar-refractivity contribution in [1.29, 1.82) is 0 Å². The molecular weight excluding hydrogens is 292 g/mol. The van der Waals surface area contributed by atoms with Crippen LogP contribution in [-0.4, -0.2) is 17.5 Å². The predicted octanol–water partition coefficient (Wildman–Crippen LogP) is 3.09. The van der Waals surface area contributed by atoms with Crippen molar-refractivity contribution in [3.63, 3.8) is 0 Å². The minimum Gasteiger partial charge on any atom is -0.370 e. The lowest BCUT2D eigenvalue weighted by molar-refractivity contribution is 0.571. The predicted molar refractivity (Wildman–Crippen MR) is 94.3 cm³/mol. The number of nitrogens with two attached hydrogens (primary N) is 1. The first kappa shape index (κ1) is 16.5. The van der Waals surface area contributed by atoms with Gasteiger partial charge in [0.15, 0.2) is 5.96 Å².